The summed E-state index contributed by atoms with van der Waals surface area (Å²) in [5, 5.41) is 0. The first kappa shape index (κ1) is 16.2. The van der Waals surface area contributed by atoms with Crippen LogP contribution < -0.4 is 16.0 Å². The molecule has 0 spiro atoms. The smallest absolute Gasteiger partial charge is 0.131 e. The molecule has 1 aliphatic rings. The third kappa shape index (κ3) is 3.35. The van der Waals surface area contributed by atoms with Crippen molar-refractivity contribution in [3.8, 4) is 5.75 Å². The van der Waals surface area contributed by atoms with Crippen molar-refractivity contribution >= 4 is 0 Å². The number of nitrogens with zero attached hydrogens (tertiary/aromatic N) is 1. The molecule has 1 fully saturated rings. The topological polar surface area (TPSA) is 59.8 Å². The molecule has 1 aliphatic heterocycles. The van der Waals surface area contributed by atoms with E-state index in [9.17, 15) is 4.39 Å². The van der Waals surface area contributed by atoms with E-state index in [4.69, 9.17) is 15.3 Å². The third-order valence-corrected chi connectivity index (χ3v) is 4.22. The van der Waals surface area contributed by atoms with Gasteiger partial charge in [-0.25, -0.2) is 4.39 Å². The fourth-order valence-corrected chi connectivity index (χ4v) is 2.87. The summed E-state index contributed by atoms with van der Waals surface area (Å²) < 4.78 is 24.8. The van der Waals surface area contributed by atoms with Gasteiger partial charge in [0.25, 0.3) is 0 Å². The molecule has 21 heavy (non-hydrogen) atoms. The Kier molecular flexibility index (Phi) is 5.16. The molecule has 3 N–H and O–H groups in total. The van der Waals surface area contributed by atoms with Crippen molar-refractivity contribution in [1.29, 1.82) is 0 Å². The van der Waals surface area contributed by atoms with Gasteiger partial charge >= 0.3 is 0 Å². The highest BCUT2D eigenvalue weighted by Gasteiger charge is 2.37. The Morgan fingerprint density at radius 2 is 2.05 bits per heavy atom. The molecule has 1 aromatic rings. The second kappa shape index (κ2) is 6.70. The molecular formula is C15H24FN3O2. The van der Waals surface area contributed by atoms with Crippen LogP contribution in [0.25, 0.3) is 0 Å². The molecule has 1 unspecified atom stereocenters. The Labute approximate surface area is 125 Å². The summed E-state index contributed by atoms with van der Waals surface area (Å²) >= 11 is 0. The number of methoxy groups -OCH3 is 1. The van der Waals surface area contributed by atoms with E-state index >= 15 is 0 Å². The molecule has 118 valence electrons. The first-order valence-corrected chi connectivity index (χ1v) is 7.13. The van der Waals surface area contributed by atoms with Crippen molar-refractivity contribution < 1.29 is 13.9 Å². The largest absolute Gasteiger partial charge is 0.497 e. The van der Waals surface area contributed by atoms with Crippen molar-refractivity contribution in [3.63, 3.8) is 0 Å². The highest BCUT2D eigenvalue weighted by molar-refractivity contribution is 5.32. The SMILES string of the molecule is COc1ccc(C(NN)C(C)(C)N2CCOCC2)c(F)c1. The molecule has 5 nitrogen and oxygen atoms in total. The summed E-state index contributed by atoms with van der Waals surface area (Å²) in [4.78, 5) is 2.27. The summed E-state index contributed by atoms with van der Waals surface area (Å²) in [7, 11) is 1.52. The fraction of sp³-hybridized carbons (Fsp3) is 0.600. The average molecular weight is 297 g/mol. The minimum atomic E-state index is -0.339. The molecule has 1 aromatic carbocycles. The first-order chi connectivity index (χ1) is 10.0. The molecule has 0 aliphatic carbocycles. The lowest BCUT2D eigenvalue weighted by atomic mass is 9.86. The van der Waals surface area contributed by atoms with Crippen molar-refractivity contribution in [2.75, 3.05) is 33.4 Å². The number of hydrogen-bond acceptors (Lipinski definition) is 5. The zero-order valence-corrected chi connectivity index (χ0v) is 12.9. The van der Waals surface area contributed by atoms with Gasteiger partial charge in [-0.15, -0.1) is 0 Å². The van der Waals surface area contributed by atoms with E-state index in [2.05, 4.69) is 24.2 Å². The van der Waals surface area contributed by atoms with Gasteiger partial charge in [0.15, 0.2) is 0 Å². The van der Waals surface area contributed by atoms with Gasteiger partial charge in [0.2, 0.25) is 0 Å². The van der Waals surface area contributed by atoms with Crippen LogP contribution in [0.3, 0.4) is 0 Å². The number of hydrazine groups is 1. The summed E-state index contributed by atoms with van der Waals surface area (Å²) in [6.45, 7) is 7.11. The Balaban J connectivity index is 2.29. The molecule has 0 aromatic heterocycles. The lowest BCUT2D eigenvalue weighted by Gasteiger charge is -2.45. The Morgan fingerprint density at radius 1 is 1.38 bits per heavy atom. The van der Waals surface area contributed by atoms with E-state index in [1.807, 2.05) is 0 Å². The highest BCUT2D eigenvalue weighted by atomic mass is 19.1. The van der Waals surface area contributed by atoms with E-state index < -0.39 is 0 Å². The molecule has 0 amide bonds. The maximum absolute atomic E-state index is 14.4. The van der Waals surface area contributed by atoms with Crippen molar-refractivity contribution in [2.24, 2.45) is 5.84 Å². The quantitative estimate of drug-likeness (QED) is 0.636. The van der Waals surface area contributed by atoms with Crippen LogP contribution in [0.5, 0.6) is 5.75 Å². The van der Waals surface area contributed by atoms with Crippen LogP contribution in [0.1, 0.15) is 25.5 Å². The van der Waals surface area contributed by atoms with Gasteiger partial charge in [-0.2, -0.15) is 0 Å². The average Bonchev–Trinajstić information content (AvgIpc) is 2.50. The van der Waals surface area contributed by atoms with Crippen LogP contribution in [0, 0.1) is 5.82 Å². The number of rotatable bonds is 5. The Hall–Kier alpha value is -1.21. The summed E-state index contributed by atoms with van der Waals surface area (Å²) in [6, 6.07) is 4.52. The van der Waals surface area contributed by atoms with E-state index in [-0.39, 0.29) is 17.4 Å². The number of morpholine rings is 1. The number of halogens is 1. The van der Waals surface area contributed by atoms with E-state index in [0.29, 0.717) is 24.5 Å². The van der Waals surface area contributed by atoms with Gasteiger partial charge in [-0.1, -0.05) is 6.07 Å². The predicted molar refractivity (Wildman–Crippen MR) is 79.5 cm³/mol. The summed E-state index contributed by atoms with van der Waals surface area (Å²) in [6.07, 6.45) is 0. The Bertz CT molecular complexity index is 476. The van der Waals surface area contributed by atoms with Crippen molar-refractivity contribution in [2.45, 2.75) is 25.4 Å². The van der Waals surface area contributed by atoms with Gasteiger partial charge in [0.05, 0.1) is 26.4 Å². The van der Waals surface area contributed by atoms with Crippen LogP contribution in [0.4, 0.5) is 4.39 Å². The standard InChI is InChI=1S/C15H24FN3O2/c1-15(2,19-6-8-21-9-7-19)14(18-17)12-5-4-11(20-3)10-13(12)16/h4-5,10,14,18H,6-9,17H2,1-3H3. The highest BCUT2D eigenvalue weighted by Crippen LogP contribution is 2.33. The van der Waals surface area contributed by atoms with E-state index in [1.54, 1.807) is 12.1 Å². The summed E-state index contributed by atoms with van der Waals surface area (Å²) in [5.41, 5.74) is 2.97. The number of hydrogen-bond donors (Lipinski definition) is 2. The predicted octanol–water partition coefficient (Wildman–Crippen LogP) is 1.45. The molecule has 2 rings (SSSR count). The van der Waals surface area contributed by atoms with Crippen molar-refractivity contribution in [3.05, 3.63) is 29.6 Å². The van der Waals surface area contributed by atoms with Crippen LogP contribution in [0.15, 0.2) is 18.2 Å². The number of nitrogens with two attached hydrogens (primary N) is 1. The fourth-order valence-electron chi connectivity index (χ4n) is 2.87. The number of benzene rings is 1. The molecular weight excluding hydrogens is 273 g/mol. The van der Waals surface area contributed by atoms with Crippen LogP contribution in [-0.4, -0.2) is 43.9 Å². The molecule has 1 saturated heterocycles. The lowest BCUT2D eigenvalue weighted by Crippen LogP contribution is -2.57. The second-order valence-corrected chi connectivity index (χ2v) is 5.74. The van der Waals surface area contributed by atoms with Gasteiger partial charge in [0, 0.05) is 30.3 Å². The molecule has 0 radical (unpaired) electrons. The number of ether oxygens (including phenoxy) is 2. The van der Waals surface area contributed by atoms with Gasteiger partial charge in [0.1, 0.15) is 11.6 Å². The minimum absolute atomic E-state index is 0.321. The van der Waals surface area contributed by atoms with Crippen molar-refractivity contribution in [1.82, 2.24) is 10.3 Å². The molecule has 1 heterocycles. The normalized spacial score (nSPS) is 18.5. The number of nitrogens with one attached hydrogen (secondary N) is 1. The van der Waals surface area contributed by atoms with Gasteiger partial charge in [-0.05, 0) is 19.9 Å². The van der Waals surface area contributed by atoms with Crippen LogP contribution >= 0.6 is 0 Å². The van der Waals surface area contributed by atoms with E-state index in [1.165, 1.54) is 13.2 Å². The summed E-state index contributed by atoms with van der Waals surface area (Å²) in [5.74, 6) is 5.91. The monoisotopic (exact) mass is 297 g/mol. The van der Waals surface area contributed by atoms with Crippen LogP contribution in [0.2, 0.25) is 0 Å². The second-order valence-electron chi connectivity index (χ2n) is 5.74. The zero-order valence-electron chi connectivity index (χ0n) is 12.9. The molecule has 6 heteroatoms. The lowest BCUT2D eigenvalue weighted by molar-refractivity contribution is -0.0242. The third-order valence-electron chi connectivity index (χ3n) is 4.22. The van der Waals surface area contributed by atoms with Crippen LogP contribution in [-0.2, 0) is 4.74 Å². The Morgan fingerprint density at radius 3 is 2.57 bits per heavy atom. The minimum Gasteiger partial charge on any atom is -0.497 e. The maximum Gasteiger partial charge on any atom is 0.131 e. The maximum atomic E-state index is 14.4. The molecule has 1 atom stereocenters. The molecule has 0 saturated carbocycles. The van der Waals surface area contributed by atoms with Gasteiger partial charge < -0.3 is 9.47 Å². The first-order valence-electron chi connectivity index (χ1n) is 7.13. The van der Waals surface area contributed by atoms with E-state index in [0.717, 1.165) is 13.1 Å². The van der Waals surface area contributed by atoms with Gasteiger partial charge in [-0.3, -0.25) is 16.2 Å². The molecule has 0 bridgehead atoms. The zero-order chi connectivity index (χ0) is 15.5.